The van der Waals surface area contributed by atoms with Crippen LogP contribution in [-0.4, -0.2) is 83.1 Å². The molecule has 0 saturated carbocycles. The van der Waals surface area contributed by atoms with Gasteiger partial charge < -0.3 is 14.8 Å². The van der Waals surface area contributed by atoms with Crippen molar-refractivity contribution in [2.45, 2.75) is 51.3 Å². The molecule has 2 unspecified atom stereocenters. The van der Waals surface area contributed by atoms with Crippen molar-refractivity contribution >= 4 is 52.8 Å². The van der Waals surface area contributed by atoms with Crippen LogP contribution in [0.1, 0.15) is 48.5 Å². The van der Waals surface area contributed by atoms with Crippen LogP contribution in [0.15, 0.2) is 55.1 Å². The quantitative estimate of drug-likeness (QED) is 0.195. The van der Waals surface area contributed by atoms with Gasteiger partial charge in [0.25, 0.3) is 17.7 Å². The first-order valence-corrected chi connectivity index (χ1v) is 15.2. The molecule has 4 amide bonds. The lowest BCUT2D eigenvalue weighted by molar-refractivity contribution is -0.210. The number of cyclic esters (lactones) is 1. The van der Waals surface area contributed by atoms with E-state index in [2.05, 4.69) is 11.9 Å². The van der Waals surface area contributed by atoms with Gasteiger partial charge in [0.15, 0.2) is 5.75 Å². The minimum Gasteiger partial charge on any atom is -0.486 e. The highest BCUT2D eigenvalue weighted by atomic mass is 35.5. The molecule has 2 saturated heterocycles. The zero-order valence-electron chi connectivity index (χ0n) is 24.7. The zero-order valence-corrected chi connectivity index (χ0v) is 26.2. The van der Waals surface area contributed by atoms with Gasteiger partial charge in [0.1, 0.15) is 38.4 Å². The number of esters is 1. The largest absolute Gasteiger partial charge is 0.486 e. The molecule has 2 aromatic carbocycles. The number of rotatable bonds is 13. The summed E-state index contributed by atoms with van der Waals surface area (Å²) in [5.74, 6) is -2.69. The molecule has 0 aromatic heterocycles. The van der Waals surface area contributed by atoms with Gasteiger partial charge >= 0.3 is 5.97 Å². The van der Waals surface area contributed by atoms with E-state index >= 15 is 0 Å². The first-order valence-electron chi connectivity index (χ1n) is 14.4. The smallest absolute Gasteiger partial charge is 0.308 e. The van der Waals surface area contributed by atoms with E-state index in [1.54, 1.807) is 0 Å². The highest BCUT2D eigenvalue weighted by Gasteiger charge is 2.40. The van der Waals surface area contributed by atoms with Gasteiger partial charge in [-0.15, -0.1) is 0 Å². The Balaban J connectivity index is 1.55. The fourth-order valence-electron chi connectivity index (χ4n) is 4.87. The third-order valence-corrected chi connectivity index (χ3v) is 7.60. The Labute approximate surface area is 270 Å². The molecule has 2 aliphatic heterocycles. The summed E-state index contributed by atoms with van der Waals surface area (Å²) in [5.41, 5.74) is 0.844. The Morgan fingerprint density at radius 3 is 2.47 bits per heavy atom. The molecular weight excluding hydrogens is 627 g/mol. The molecule has 2 heterocycles. The van der Waals surface area contributed by atoms with Gasteiger partial charge in [0.05, 0.1) is 16.5 Å². The molecule has 1 N–H and O–H groups in total. The van der Waals surface area contributed by atoms with Crippen molar-refractivity contribution in [2.75, 3.05) is 26.3 Å². The molecule has 12 nitrogen and oxygen atoms in total. The summed E-state index contributed by atoms with van der Waals surface area (Å²) >= 11 is 12.6. The number of nitrogens with one attached hydrogen (secondary N) is 1. The van der Waals surface area contributed by atoms with Gasteiger partial charge in [-0.05, 0) is 30.5 Å². The molecule has 2 atom stereocenters. The molecule has 0 bridgehead atoms. The van der Waals surface area contributed by atoms with Crippen LogP contribution in [0.2, 0.25) is 10.0 Å². The van der Waals surface area contributed by atoms with Gasteiger partial charge in [0, 0.05) is 18.5 Å². The highest BCUT2D eigenvalue weighted by Crippen LogP contribution is 2.34. The lowest BCUT2D eigenvalue weighted by Crippen LogP contribution is -2.57. The summed E-state index contributed by atoms with van der Waals surface area (Å²) < 4.78 is 10.5. The van der Waals surface area contributed by atoms with Crippen molar-refractivity contribution in [3.05, 3.63) is 76.3 Å². The SMILES string of the molecule is C=CCOc1c(Cl)cc(C(=O)NC2CCC(=O)N(CCC)N(CC(=O)N(OCc3ccccc3)C3COC(=O)C3)C2=O)cc1Cl. The minimum atomic E-state index is -1.15. The third-order valence-electron chi connectivity index (χ3n) is 7.04. The third kappa shape index (κ3) is 8.53. The molecule has 4 rings (SSSR count). The standard InChI is InChI=1S/C31H34Cl2N4O8/c1-3-12-35-26(38)11-10-25(34-30(41)21-14-23(32)29(24(33)15-21)43-13-4-2)31(42)36(35)17-27(39)37(22-16-28(40)44-19-22)45-18-20-8-6-5-7-9-20/h4-9,14-15,22,25H,2-3,10-13,16-19H2,1H3,(H,34,41). The second-order valence-corrected chi connectivity index (χ2v) is 11.2. The van der Waals surface area contributed by atoms with Crippen molar-refractivity contribution in [1.29, 1.82) is 0 Å². The number of hydrogen-bond acceptors (Lipinski definition) is 8. The molecule has 14 heteroatoms. The van der Waals surface area contributed by atoms with Crippen LogP contribution in [0.5, 0.6) is 5.75 Å². The summed E-state index contributed by atoms with van der Waals surface area (Å²) in [6.45, 7) is 5.07. The molecule has 2 fully saturated rings. The van der Waals surface area contributed by atoms with E-state index in [1.807, 2.05) is 37.3 Å². The molecule has 2 aromatic rings. The van der Waals surface area contributed by atoms with Gasteiger partial charge in [-0.2, -0.15) is 0 Å². The molecule has 2 aliphatic rings. The van der Waals surface area contributed by atoms with Gasteiger partial charge in [0.2, 0.25) is 5.91 Å². The number of hydrogen-bond donors (Lipinski definition) is 1. The monoisotopic (exact) mass is 660 g/mol. The summed E-state index contributed by atoms with van der Waals surface area (Å²) in [6, 6.07) is 9.93. The van der Waals surface area contributed by atoms with Gasteiger partial charge in [-0.25, -0.2) is 10.1 Å². The van der Waals surface area contributed by atoms with Gasteiger partial charge in [-0.1, -0.05) is 73.1 Å². The predicted molar refractivity (Wildman–Crippen MR) is 164 cm³/mol. The Hall–Kier alpha value is -4.13. The number of nitrogens with zero attached hydrogens (tertiary/aromatic N) is 3. The number of ether oxygens (including phenoxy) is 2. The van der Waals surface area contributed by atoms with E-state index in [4.69, 9.17) is 37.5 Å². The Kier molecular flexibility index (Phi) is 11.8. The Bertz CT molecular complexity index is 1420. The molecule has 45 heavy (non-hydrogen) atoms. The zero-order chi connectivity index (χ0) is 32.5. The topological polar surface area (TPSA) is 135 Å². The van der Waals surface area contributed by atoms with E-state index < -0.39 is 42.3 Å². The second kappa shape index (κ2) is 15.7. The van der Waals surface area contributed by atoms with Gasteiger partial charge in [-0.3, -0.25) is 33.8 Å². The van der Waals surface area contributed by atoms with Crippen LogP contribution < -0.4 is 10.1 Å². The highest BCUT2D eigenvalue weighted by molar-refractivity contribution is 6.37. The summed E-state index contributed by atoms with van der Waals surface area (Å²) in [6.07, 6.45) is 1.86. The summed E-state index contributed by atoms with van der Waals surface area (Å²) in [7, 11) is 0. The normalized spacial score (nSPS) is 18.3. The lowest BCUT2D eigenvalue weighted by Gasteiger charge is -2.36. The van der Waals surface area contributed by atoms with Crippen LogP contribution in [-0.2, 0) is 35.4 Å². The van der Waals surface area contributed by atoms with Crippen LogP contribution >= 0.6 is 23.2 Å². The maximum Gasteiger partial charge on any atom is 0.308 e. The van der Waals surface area contributed by atoms with Crippen molar-refractivity contribution in [3.8, 4) is 5.75 Å². The van der Waals surface area contributed by atoms with E-state index in [-0.39, 0.29) is 72.9 Å². The number of benzene rings is 2. The number of amides is 4. The van der Waals surface area contributed by atoms with Crippen molar-refractivity contribution in [1.82, 2.24) is 20.4 Å². The maximum absolute atomic E-state index is 13.9. The Morgan fingerprint density at radius 1 is 1.13 bits per heavy atom. The molecule has 0 radical (unpaired) electrons. The summed E-state index contributed by atoms with van der Waals surface area (Å²) in [5, 5.41) is 6.13. The van der Waals surface area contributed by atoms with E-state index in [9.17, 15) is 24.0 Å². The molecular formula is C31H34Cl2N4O8. The minimum absolute atomic E-state index is 0.00447. The van der Waals surface area contributed by atoms with E-state index in [0.717, 1.165) is 15.6 Å². The number of halogens is 2. The second-order valence-electron chi connectivity index (χ2n) is 10.4. The number of hydrazine groups is 1. The van der Waals surface area contributed by atoms with Crippen molar-refractivity contribution < 1.29 is 38.3 Å². The number of carbonyl (C=O) groups excluding carboxylic acids is 5. The first kappa shape index (κ1) is 33.8. The lowest BCUT2D eigenvalue weighted by atomic mass is 10.1. The predicted octanol–water partition coefficient (Wildman–Crippen LogP) is 3.71. The van der Waals surface area contributed by atoms with Crippen molar-refractivity contribution in [3.63, 3.8) is 0 Å². The van der Waals surface area contributed by atoms with Crippen molar-refractivity contribution in [2.24, 2.45) is 0 Å². The first-order chi connectivity index (χ1) is 21.6. The van der Waals surface area contributed by atoms with E-state index in [1.165, 1.54) is 23.2 Å². The fraction of sp³-hybridized carbons (Fsp3) is 0.387. The van der Waals surface area contributed by atoms with Crippen LogP contribution in [0.4, 0.5) is 0 Å². The van der Waals surface area contributed by atoms with E-state index in [0.29, 0.717) is 6.42 Å². The fourth-order valence-corrected chi connectivity index (χ4v) is 5.46. The Morgan fingerprint density at radius 2 is 1.84 bits per heavy atom. The maximum atomic E-state index is 13.9. The average molecular weight is 662 g/mol. The van der Waals surface area contributed by atoms with Crippen LogP contribution in [0, 0.1) is 0 Å². The average Bonchev–Trinajstić information content (AvgIpc) is 3.42. The molecule has 0 spiro atoms. The number of carbonyl (C=O) groups is 5. The summed E-state index contributed by atoms with van der Waals surface area (Å²) in [4.78, 5) is 71.8. The molecule has 0 aliphatic carbocycles. The van der Waals surface area contributed by atoms with Crippen LogP contribution in [0.3, 0.4) is 0 Å². The number of hydroxylamine groups is 2. The molecule has 240 valence electrons. The van der Waals surface area contributed by atoms with Crippen LogP contribution in [0.25, 0.3) is 0 Å².